The normalized spacial score (nSPS) is 12.4. The highest BCUT2D eigenvalue weighted by atomic mass is 35.5. The maximum absolute atomic E-state index is 6.15. The average molecular weight is 247 g/mol. The molecule has 0 aliphatic heterocycles. The van der Waals surface area contributed by atoms with Gasteiger partial charge in [-0.2, -0.15) is 0 Å². The lowest BCUT2D eigenvalue weighted by atomic mass is 10.1. The zero-order chi connectivity index (χ0) is 12.1. The van der Waals surface area contributed by atoms with Crippen LogP contribution in [0.3, 0.4) is 0 Å². The third kappa shape index (κ3) is 3.29. The van der Waals surface area contributed by atoms with Crippen molar-refractivity contribution in [1.29, 1.82) is 0 Å². The van der Waals surface area contributed by atoms with Gasteiger partial charge in [0.05, 0.1) is 5.69 Å². The van der Waals surface area contributed by atoms with Crippen LogP contribution in [0, 0.1) is 0 Å². The first-order valence-corrected chi connectivity index (χ1v) is 6.03. The largest absolute Gasteiger partial charge is 0.305 e. The monoisotopic (exact) mass is 246 g/mol. The Morgan fingerprint density at radius 3 is 2.65 bits per heavy atom. The van der Waals surface area contributed by atoms with Crippen molar-refractivity contribution in [1.82, 2.24) is 10.3 Å². The number of hydrogen-bond acceptors (Lipinski definition) is 2. The Kier molecular flexibility index (Phi) is 4.13. The van der Waals surface area contributed by atoms with Crippen LogP contribution in [0.4, 0.5) is 0 Å². The van der Waals surface area contributed by atoms with E-state index < -0.39 is 0 Å². The maximum atomic E-state index is 6.15. The molecule has 1 heterocycles. The molecule has 0 amide bonds. The highest BCUT2D eigenvalue weighted by molar-refractivity contribution is 6.31. The Morgan fingerprint density at radius 2 is 1.94 bits per heavy atom. The molecule has 0 aliphatic carbocycles. The lowest BCUT2D eigenvalue weighted by Crippen LogP contribution is -2.18. The summed E-state index contributed by atoms with van der Waals surface area (Å²) in [5.41, 5.74) is 2.15. The second-order valence-corrected chi connectivity index (χ2v) is 4.35. The van der Waals surface area contributed by atoms with E-state index in [9.17, 15) is 0 Å². The number of benzene rings is 1. The van der Waals surface area contributed by atoms with Gasteiger partial charge in [-0.25, -0.2) is 0 Å². The first-order chi connectivity index (χ1) is 8.27. The van der Waals surface area contributed by atoms with Crippen molar-refractivity contribution in [3.63, 3.8) is 0 Å². The third-order valence-corrected chi connectivity index (χ3v) is 3.03. The van der Waals surface area contributed by atoms with E-state index in [-0.39, 0.29) is 6.04 Å². The van der Waals surface area contributed by atoms with Crippen LogP contribution in [0.25, 0.3) is 0 Å². The van der Waals surface area contributed by atoms with Crippen molar-refractivity contribution in [3.8, 4) is 0 Å². The Balaban J connectivity index is 1.99. The van der Waals surface area contributed by atoms with E-state index in [0.717, 1.165) is 22.8 Å². The lowest BCUT2D eigenvalue weighted by molar-refractivity contribution is 0.568. The fourth-order valence-electron chi connectivity index (χ4n) is 1.70. The molecule has 2 nitrogen and oxygen atoms in total. The summed E-state index contributed by atoms with van der Waals surface area (Å²) in [6.45, 7) is 2.84. The Bertz CT molecular complexity index is 471. The van der Waals surface area contributed by atoms with Crippen LogP contribution in [-0.4, -0.2) is 4.98 Å². The number of pyridine rings is 1. The number of halogens is 1. The second kappa shape index (κ2) is 5.80. The fraction of sp³-hybridized carbons (Fsp3) is 0.214. The fourth-order valence-corrected chi connectivity index (χ4v) is 2.00. The van der Waals surface area contributed by atoms with Crippen molar-refractivity contribution in [3.05, 3.63) is 64.9 Å². The molecule has 1 atom stereocenters. The van der Waals surface area contributed by atoms with Crippen LogP contribution < -0.4 is 5.32 Å². The van der Waals surface area contributed by atoms with Crippen molar-refractivity contribution in [2.24, 2.45) is 0 Å². The SMILES string of the molecule is C[C@H](NCc1ccccn1)c1ccccc1Cl. The molecule has 88 valence electrons. The average Bonchev–Trinajstić information content (AvgIpc) is 2.38. The molecule has 2 rings (SSSR count). The van der Waals surface area contributed by atoms with E-state index in [0.29, 0.717) is 0 Å². The number of hydrogen-bond donors (Lipinski definition) is 1. The minimum atomic E-state index is 0.214. The smallest absolute Gasteiger partial charge is 0.0541 e. The van der Waals surface area contributed by atoms with Gasteiger partial charge in [0.1, 0.15) is 0 Å². The van der Waals surface area contributed by atoms with Crippen LogP contribution in [0.1, 0.15) is 24.2 Å². The van der Waals surface area contributed by atoms with Gasteiger partial charge in [0.15, 0.2) is 0 Å². The standard InChI is InChI=1S/C14H15ClN2/c1-11(13-7-2-3-8-14(13)15)17-10-12-6-4-5-9-16-12/h2-9,11,17H,10H2,1H3/t11-/m0/s1. The van der Waals surface area contributed by atoms with E-state index in [1.54, 1.807) is 6.20 Å². The summed E-state index contributed by atoms with van der Waals surface area (Å²) in [5.74, 6) is 0. The van der Waals surface area contributed by atoms with E-state index >= 15 is 0 Å². The molecule has 0 saturated heterocycles. The second-order valence-electron chi connectivity index (χ2n) is 3.95. The molecule has 17 heavy (non-hydrogen) atoms. The summed E-state index contributed by atoms with van der Waals surface area (Å²) >= 11 is 6.15. The predicted octanol–water partition coefficient (Wildman–Crippen LogP) is 3.59. The van der Waals surface area contributed by atoms with Crippen molar-refractivity contribution >= 4 is 11.6 Å². The predicted molar refractivity (Wildman–Crippen MR) is 70.9 cm³/mol. The molecule has 0 radical (unpaired) electrons. The molecule has 0 unspecified atom stereocenters. The Hall–Kier alpha value is -1.38. The lowest BCUT2D eigenvalue weighted by Gasteiger charge is -2.15. The third-order valence-electron chi connectivity index (χ3n) is 2.69. The first-order valence-electron chi connectivity index (χ1n) is 5.65. The number of aromatic nitrogens is 1. The van der Waals surface area contributed by atoms with Crippen LogP contribution in [0.5, 0.6) is 0 Å². The van der Waals surface area contributed by atoms with Gasteiger partial charge in [-0.15, -0.1) is 0 Å². The summed E-state index contributed by atoms with van der Waals surface area (Å²) in [6, 6.07) is 14.0. The molecular weight excluding hydrogens is 232 g/mol. The topological polar surface area (TPSA) is 24.9 Å². The molecule has 1 aromatic carbocycles. The quantitative estimate of drug-likeness (QED) is 0.892. The van der Waals surface area contributed by atoms with E-state index in [2.05, 4.69) is 17.2 Å². The highest BCUT2D eigenvalue weighted by Crippen LogP contribution is 2.22. The molecular formula is C14H15ClN2. The van der Waals surface area contributed by atoms with Gasteiger partial charge in [-0.05, 0) is 30.7 Å². The van der Waals surface area contributed by atoms with Crippen molar-refractivity contribution < 1.29 is 0 Å². The molecule has 0 saturated carbocycles. The first kappa shape index (κ1) is 12.1. The molecule has 0 bridgehead atoms. The van der Waals surface area contributed by atoms with E-state index in [4.69, 9.17) is 11.6 Å². The zero-order valence-corrected chi connectivity index (χ0v) is 10.5. The molecule has 0 aliphatic rings. The number of nitrogens with zero attached hydrogens (tertiary/aromatic N) is 1. The summed E-state index contributed by atoms with van der Waals surface area (Å²) in [4.78, 5) is 4.27. The molecule has 0 spiro atoms. The van der Waals surface area contributed by atoms with Crippen LogP contribution in [0.15, 0.2) is 48.7 Å². The van der Waals surface area contributed by atoms with Gasteiger partial charge < -0.3 is 5.32 Å². The van der Waals surface area contributed by atoms with Crippen LogP contribution >= 0.6 is 11.6 Å². The summed E-state index contributed by atoms with van der Waals surface area (Å²) in [7, 11) is 0. The minimum Gasteiger partial charge on any atom is -0.305 e. The van der Waals surface area contributed by atoms with Crippen molar-refractivity contribution in [2.45, 2.75) is 19.5 Å². The van der Waals surface area contributed by atoms with Gasteiger partial charge in [0.2, 0.25) is 0 Å². The molecule has 0 fully saturated rings. The molecule has 1 aromatic heterocycles. The van der Waals surface area contributed by atoms with Gasteiger partial charge >= 0.3 is 0 Å². The summed E-state index contributed by atoms with van der Waals surface area (Å²) in [5, 5.41) is 4.21. The van der Waals surface area contributed by atoms with Gasteiger partial charge in [-0.3, -0.25) is 4.98 Å². The van der Waals surface area contributed by atoms with Crippen LogP contribution in [-0.2, 0) is 6.54 Å². The molecule has 1 N–H and O–H groups in total. The zero-order valence-electron chi connectivity index (χ0n) is 9.73. The Morgan fingerprint density at radius 1 is 1.18 bits per heavy atom. The maximum Gasteiger partial charge on any atom is 0.0541 e. The molecule has 2 aromatic rings. The van der Waals surface area contributed by atoms with Gasteiger partial charge in [0, 0.05) is 23.8 Å². The van der Waals surface area contributed by atoms with Crippen LogP contribution in [0.2, 0.25) is 5.02 Å². The summed E-state index contributed by atoms with van der Waals surface area (Å²) in [6.07, 6.45) is 1.80. The van der Waals surface area contributed by atoms with E-state index in [1.807, 2.05) is 42.5 Å². The minimum absolute atomic E-state index is 0.214. The Labute approximate surface area is 107 Å². The van der Waals surface area contributed by atoms with E-state index in [1.165, 1.54) is 0 Å². The highest BCUT2D eigenvalue weighted by Gasteiger charge is 2.08. The number of nitrogens with one attached hydrogen (secondary N) is 1. The van der Waals surface area contributed by atoms with Gasteiger partial charge in [-0.1, -0.05) is 35.9 Å². The summed E-state index contributed by atoms with van der Waals surface area (Å²) < 4.78 is 0. The van der Waals surface area contributed by atoms with Gasteiger partial charge in [0.25, 0.3) is 0 Å². The van der Waals surface area contributed by atoms with Crippen molar-refractivity contribution in [2.75, 3.05) is 0 Å². The number of rotatable bonds is 4. The molecule has 3 heteroatoms.